The molecule has 2 aromatic carbocycles. The lowest BCUT2D eigenvalue weighted by atomic mass is 9.94. The molecule has 0 fully saturated rings. The molecular formula is C23H24N2. The highest BCUT2D eigenvalue weighted by atomic mass is 15.0. The van der Waals surface area contributed by atoms with Crippen molar-refractivity contribution >= 4 is 16.6 Å². The van der Waals surface area contributed by atoms with E-state index in [1.807, 2.05) is 0 Å². The third-order valence-corrected chi connectivity index (χ3v) is 4.94. The van der Waals surface area contributed by atoms with Crippen LogP contribution < -0.4 is 5.32 Å². The molecule has 0 radical (unpaired) electrons. The number of fused-ring (bicyclic) bond motifs is 1. The maximum absolute atomic E-state index is 4.71. The lowest BCUT2D eigenvalue weighted by Crippen LogP contribution is -2.31. The number of nitrogens with zero attached hydrogens (tertiary/aromatic N) is 1. The molecule has 0 bridgehead atoms. The Balaban J connectivity index is 1.58. The van der Waals surface area contributed by atoms with Gasteiger partial charge in [-0.05, 0) is 47.6 Å². The molecule has 2 nitrogen and oxygen atoms in total. The molecule has 2 heteroatoms. The number of nitrogens with one attached hydrogen (secondary N) is 1. The monoisotopic (exact) mass is 328 g/mol. The minimum Gasteiger partial charge on any atom is -0.370 e. The molecule has 0 amide bonds. The van der Waals surface area contributed by atoms with Crippen LogP contribution in [0.4, 0.5) is 0 Å². The summed E-state index contributed by atoms with van der Waals surface area (Å²) in [6, 6.07) is 15.3. The van der Waals surface area contributed by atoms with Crippen molar-refractivity contribution in [2.45, 2.75) is 25.7 Å². The summed E-state index contributed by atoms with van der Waals surface area (Å²) in [5.41, 5.74) is 4.11. The molecule has 25 heavy (non-hydrogen) atoms. The second kappa shape index (κ2) is 7.52. The highest BCUT2D eigenvalue weighted by molar-refractivity contribution is 6.02. The molecule has 2 aromatic rings. The predicted octanol–water partition coefficient (Wildman–Crippen LogP) is 4.98. The Morgan fingerprint density at radius 2 is 1.92 bits per heavy atom. The Morgan fingerprint density at radius 3 is 2.84 bits per heavy atom. The van der Waals surface area contributed by atoms with E-state index in [1.54, 1.807) is 0 Å². The van der Waals surface area contributed by atoms with Crippen molar-refractivity contribution in [1.29, 1.82) is 0 Å². The molecular weight excluding hydrogens is 304 g/mol. The van der Waals surface area contributed by atoms with Crippen molar-refractivity contribution in [2.24, 2.45) is 4.99 Å². The zero-order chi connectivity index (χ0) is 16.9. The van der Waals surface area contributed by atoms with Gasteiger partial charge in [0.1, 0.15) is 5.84 Å². The van der Waals surface area contributed by atoms with Gasteiger partial charge in [0.05, 0.1) is 0 Å². The van der Waals surface area contributed by atoms with E-state index in [-0.39, 0.29) is 0 Å². The van der Waals surface area contributed by atoms with Crippen molar-refractivity contribution in [3.8, 4) is 0 Å². The van der Waals surface area contributed by atoms with E-state index in [0.717, 1.165) is 44.6 Å². The van der Waals surface area contributed by atoms with Crippen molar-refractivity contribution in [3.63, 3.8) is 0 Å². The normalized spacial score (nSPS) is 17.4. The van der Waals surface area contributed by atoms with E-state index in [9.17, 15) is 0 Å². The van der Waals surface area contributed by atoms with Crippen molar-refractivity contribution in [2.75, 3.05) is 13.1 Å². The second-order valence-corrected chi connectivity index (χ2v) is 6.62. The third-order valence-electron chi connectivity index (χ3n) is 4.94. The molecule has 1 aliphatic carbocycles. The van der Waals surface area contributed by atoms with Crippen molar-refractivity contribution < 1.29 is 0 Å². The summed E-state index contributed by atoms with van der Waals surface area (Å²) < 4.78 is 0. The summed E-state index contributed by atoms with van der Waals surface area (Å²) in [4.78, 5) is 4.71. The fourth-order valence-electron chi connectivity index (χ4n) is 3.63. The average molecular weight is 328 g/mol. The zero-order valence-electron chi connectivity index (χ0n) is 14.5. The van der Waals surface area contributed by atoms with E-state index in [1.165, 1.54) is 27.5 Å². The van der Waals surface area contributed by atoms with Gasteiger partial charge in [-0.15, -0.1) is 0 Å². The first-order chi connectivity index (χ1) is 12.4. The highest BCUT2D eigenvalue weighted by Gasteiger charge is 2.15. The van der Waals surface area contributed by atoms with E-state index < -0.39 is 0 Å². The Morgan fingerprint density at radius 1 is 1.00 bits per heavy atom. The number of allylic oxidation sites excluding steroid dienone is 4. The van der Waals surface area contributed by atoms with Gasteiger partial charge in [0, 0.05) is 18.7 Å². The van der Waals surface area contributed by atoms with Gasteiger partial charge in [0.15, 0.2) is 0 Å². The number of aryl methyl sites for hydroxylation is 1. The summed E-state index contributed by atoms with van der Waals surface area (Å²) in [6.07, 6.45) is 13.2. The number of amidine groups is 1. The lowest BCUT2D eigenvalue weighted by molar-refractivity contribution is 0.740. The van der Waals surface area contributed by atoms with E-state index in [2.05, 4.69) is 72.1 Å². The summed E-state index contributed by atoms with van der Waals surface area (Å²) in [5, 5.41) is 6.18. The fraction of sp³-hybridized carbons (Fsp3) is 0.261. The average Bonchev–Trinajstić information content (AvgIpc) is 2.92. The van der Waals surface area contributed by atoms with E-state index >= 15 is 0 Å². The zero-order valence-corrected chi connectivity index (χ0v) is 14.5. The van der Waals surface area contributed by atoms with Crippen LogP contribution in [0, 0.1) is 0 Å². The number of rotatable bonds is 4. The third kappa shape index (κ3) is 3.58. The summed E-state index contributed by atoms with van der Waals surface area (Å²) in [7, 11) is 0. The van der Waals surface area contributed by atoms with Crippen LogP contribution in [0.15, 0.2) is 82.9 Å². The summed E-state index contributed by atoms with van der Waals surface area (Å²) >= 11 is 0. The lowest BCUT2D eigenvalue weighted by Gasteiger charge is -2.19. The highest BCUT2D eigenvalue weighted by Crippen LogP contribution is 2.25. The maximum Gasteiger partial charge on any atom is 0.128 e. The number of aliphatic imine (C=N–C) groups is 1. The van der Waals surface area contributed by atoms with Gasteiger partial charge in [-0.1, -0.05) is 66.8 Å². The standard InChI is InChI=1S/C23H24N2/c1-2-8-20(22(13-3-1)23-24-16-7-17-25-23)15-14-19-11-6-10-18-9-4-5-12-21(18)19/h1,3-6,8-13H,2,7,14-17H2,(H,24,25). The maximum atomic E-state index is 4.71. The molecule has 1 N–H and O–H groups in total. The molecule has 126 valence electrons. The van der Waals surface area contributed by atoms with E-state index in [4.69, 9.17) is 4.99 Å². The smallest absolute Gasteiger partial charge is 0.128 e. The van der Waals surface area contributed by atoms with Gasteiger partial charge >= 0.3 is 0 Å². The SMILES string of the molecule is C1=CCC=C(CCc2cccc3ccccc23)C(C2=NCCCN2)=C1. The Kier molecular flexibility index (Phi) is 4.78. The Labute approximate surface area is 149 Å². The topological polar surface area (TPSA) is 24.4 Å². The predicted molar refractivity (Wildman–Crippen MR) is 107 cm³/mol. The van der Waals surface area contributed by atoms with Crippen LogP contribution in [-0.2, 0) is 6.42 Å². The number of hydrogen-bond donors (Lipinski definition) is 1. The molecule has 2 aliphatic rings. The first kappa shape index (κ1) is 15.9. The Bertz CT molecular complexity index is 879. The van der Waals surface area contributed by atoms with Gasteiger partial charge in [-0.3, -0.25) is 4.99 Å². The van der Waals surface area contributed by atoms with Gasteiger partial charge in [0.2, 0.25) is 0 Å². The van der Waals surface area contributed by atoms with Crippen LogP contribution >= 0.6 is 0 Å². The van der Waals surface area contributed by atoms with E-state index in [0.29, 0.717) is 0 Å². The van der Waals surface area contributed by atoms with Gasteiger partial charge < -0.3 is 5.32 Å². The molecule has 0 unspecified atom stereocenters. The summed E-state index contributed by atoms with van der Waals surface area (Å²) in [6.45, 7) is 1.95. The minimum atomic E-state index is 0.931. The molecule has 1 aliphatic heterocycles. The van der Waals surface area contributed by atoms with Gasteiger partial charge in [-0.25, -0.2) is 0 Å². The molecule has 1 heterocycles. The van der Waals surface area contributed by atoms with Crippen molar-refractivity contribution in [1.82, 2.24) is 5.32 Å². The van der Waals surface area contributed by atoms with Crippen molar-refractivity contribution in [3.05, 3.63) is 83.5 Å². The van der Waals surface area contributed by atoms with Crippen LogP contribution in [0.5, 0.6) is 0 Å². The van der Waals surface area contributed by atoms with Gasteiger partial charge in [-0.2, -0.15) is 0 Å². The van der Waals surface area contributed by atoms with Crippen LogP contribution in [0.1, 0.15) is 24.8 Å². The molecule has 0 aromatic heterocycles. The van der Waals surface area contributed by atoms with Crippen LogP contribution in [-0.4, -0.2) is 18.9 Å². The molecule has 0 atom stereocenters. The number of benzene rings is 2. The molecule has 4 rings (SSSR count). The first-order valence-corrected chi connectivity index (χ1v) is 9.23. The van der Waals surface area contributed by atoms with Gasteiger partial charge in [0.25, 0.3) is 0 Å². The second-order valence-electron chi connectivity index (χ2n) is 6.62. The van der Waals surface area contributed by atoms with Crippen LogP contribution in [0.25, 0.3) is 10.8 Å². The van der Waals surface area contributed by atoms with Crippen LogP contribution in [0.2, 0.25) is 0 Å². The molecule has 0 saturated carbocycles. The van der Waals surface area contributed by atoms with Crippen LogP contribution in [0.3, 0.4) is 0 Å². The fourth-order valence-corrected chi connectivity index (χ4v) is 3.63. The molecule has 0 spiro atoms. The largest absolute Gasteiger partial charge is 0.370 e. The minimum absolute atomic E-state index is 0.931. The first-order valence-electron chi connectivity index (χ1n) is 9.23. The molecule has 0 saturated heterocycles. The quantitative estimate of drug-likeness (QED) is 0.841. The summed E-state index contributed by atoms with van der Waals surface area (Å²) in [5.74, 6) is 1.07. The Hall–Kier alpha value is -2.61. The number of hydrogen-bond acceptors (Lipinski definition) is 2.